The second-order valence-corrected chi connectivity index (χ2v) is 10.5. The molecule has 2 unspecified atom stereocenters. The first-order valence-corrected chi connectivity index (χ1v) is 13.4. The molecule has 224 valence electrons. The SMILES string of the molecule is CCCCCCN(C(=O)C(CCC(N)=O)NC(=O)OC(C)(C)C)C(C(=O)NCC(=O)OC)c1ccc(O)c(C)c1. The van der Waals surface area contributed by atoms with Crippen LogP contribution in [-0.2, 0) is 28.7 Å². The Hall–Kier alpha value is -3.83. The molecule has 40 heavy (non-hydrogen) atoms. The number of primary amides is 1. The van der Waals surface area contributed by atoms with Crippen molar-refractivity contribution in [3.8, 4) is 5.75 Å². The van der Waals surface area contributed by atoms with Gasteiger partial charge in [-0.25, -0.2) is 4.79 Å². The lowest BCUT2D eigenvalue weighted by atomic mass is 9.99. The molecule has 0 bridgehead atoms. The fourth-order valence-corrected chi connectivity index (χ4v) is 3.92. The molecule has 0 aliphatic carbocycles. The molecule has 1 rings (SSSR count). The summed E-state index contributed by atoms with van der Waals surface area (Å²) in [6, 6.07) is 2.03. The summed E-state index contributed by atoms with van der Waals surface area (Å²) >= 11 is 0. The van der Waals surface area contributed by atoms with E-state index in [1.54, 1.807) is 33.8 Å². The monoisotopic (exact) mass is 564 g/mol. The number of aryl methyl sites for hydroxylation is 1. The van der Waals surface area contributed by atoms with Gasteiger partial charge in [0.15, 0.2) is 0 Å². The zero-order chi connectivity index (χ0) is 30.5. The van der Waals surface area contributed by atoms with Crippen LogP contribution < -0.4 is 16.4 Å². The molecule has 0 radical (unpaired) electrons. The van der Waals surface area contributed by atoms with Crippen LogP contribution >= 0.6 is 0 Å². The standard InChI is InChI=1S/C28H44N4O8/c1-7-8-9-10-15-32(26(37)20(12-14-22(29)34)31-27(38)40-28(3,4)5)24(25(36)30-17-23(35)39-6)19-11-13-21(33)18(2)16-19/h11,13,16,20,24,33H,7-10,12,14-15,17H2,1-6H3,(H2,29,34)(H,30,36)(H,31,38). The Balaban J connectivity index is 3.56. The lowest BCUT2D eigenvalue weighted by molar-refractivity contribution is -0.145. The zero-order valence-electron chi connectivity index (χ0n) is 24.4. The second kappa shape index (κ2) is 16.3. The highest BCUT2D eigenvalue weighted by molar-refractivity contribution is 5.93. The summed E-state index contributed by atoms with van der Waals surface area (Å²) in [7, 11) is 1.19. The molecule has 1 aromatic rings. The molecule has 1 aromatic carbocycles. The largest absolute Gasteiger partial charge is 0.508 e. The maximum Gasteiger partial charge on any atom is 0.408 e. The van der Waals surface area contributed by atoms with Crippen LogP contribution in [0.1, 0.15) is 83.4 Å². The molecule has 5 N–H and O–H groups in total. The molecule has 0 saturated carbocycles. The number of aromatic hydroxyl groups is 1. The number of phenols is 1. The van der Waals surface area contributed by atoms with Gasteiger partial charge in [0.05, 0.1) is 7.11 Å². The van der Waals surface area contributed by atoms with Crippen molar-refractivity contribution in [1.82, 2.24) is 15.5 Å². The van der Waals surface area contributed by atoms with Gasteiger partial charge in [-0.1, -0.05) is 32.3 Å². The fourth-order valence-electron chi connectivity index (χ4n) is 3.92. The van der Waals surface area contributed by atoms with Crippen LogP contribution in [0.15, 0.2) is 18.2 Å². The average molecular weight is 565 g/mol. The number of unbranched alkanes of at least 4 members (excludes halogenated alkanes) is 3. The molecular weight excluding hydrogens is 520 g/mol. The van der Waals surface area contributed by atoms with Gasteiger partial charge in [0.1, 0.15) is 30.0 Å². The van der Waals surface area contributed by atoms with Gasteiger partial charge in [0.25, 0.3) is 0 Å². The minimum absolute atomic E-state index is 0.00391. The number of rotatable bonds is 15. The third-order valence-electron chi connectivity index (χ3n) is 5.94. The van der Waals surface area contributed by atoms with Gasteiger partial charge in [-0.2, -0.15) is 0 Å². The van der Waals surface area contributed by atoms with Crippen LogP contribution in [0, 0.1) is 6.92 Å². The van der Waals surface area contributed by atoms with E-state index in [9.17, 15) is 29.1 Å². The Morgan fingerprint density at radius 1 is 1.10 bits per heavy atom. The molecule has 4 amide bonds. The van der Waals surface area contributed by atoms with Crippen molar-refractivity contribution >= 4 is 29.8 Å². The Morgan fingerprint density at radius 2 is 1.77 bits per heavy atom. The van der Waals surface area contributed by atoms with Crippen LogP contribution in [0.4, 0.5) is 4.79 Å². The quantitative estimate of drug-likeness (QED) is 0.185. The molecule has 0 aliphatic rings. The van der Waals surface area contributed by atoms with Gasteiger partial charge in [-0.15, -0.1) is 0 Å². The Bertz CT molecular complexity index is 1040. The van der Waals surface area contributed by atoms with E-state index in [0.29, 0.717) is 17.5 Å². The van der Waals surface area contributed by atoms with Crippen LogP contribution in [0.3, 0.4) is 0 Å². The minimum atomic E-state index is -1.23. The predicted octanol–water partition coefficient (Wildman–Crippen LogP) is 2.60. The van der Waals surface area contributed by atoms with E-state index in [2.05, 4.69) is 15.4 Å². The van der Waals surface area contributed by atoms with Crippen LogP contribution in [-0.4, -0.2) is 71.6 Å². The number of ether oxygens (including phenoxy) is 2. The van der Waals surface area contributed by atoms with Gasteiger partial charge in [0, 0.05) is 13.0 Å². The van der Waals surface area contributed by atoms with E-state index in [1.165, 1.54) is 24.1 Å². The highest BCUT2D eigenvalue weighted by Gasteiger charge is 2.36. The summed E-state index contributed by atoms with van der Waals surface area (Å²) < 4.78 is 9.95. The molecule has 0 aromatic heterocycles. The molecule has 0 aliphatic heterocycles. The summed E-state index contributed by atoms with van der Waals surface area (Å²) in [5.74, 6) is -2.64. The maximum absolute atomic E-state index is 14.1. The van der Waals surface area contributed by atoms with E-state index in [-0.39, 0.29) is 25.1 Å². The van der Waals surface area contributed by atoms with Crippen molar-refractivity contribution in [1.29, 1.82) is 0 Å². The zero-order valence-corrected chi connectivity index (χ0v) is 24.4. The van der Waals surface area contributed by atoms with Gasteiger partial charge < -0.3 is 35.8 Å². The topological polar surface area (TPSA) is 177 Å². The van der Waals surface area contributed by atoms with Crippen LogP contribution in [0.5, 0.6) is 5.75 Å². The highest BCUT2D eigenvalue weighted by Crippen LogP contribution is 2.28. The van der Waals surface area contributed by atoms with Crippen molar-refractivity contribution in [2.45, 2.75) is 90.8 Å². The number of hydrogen-bond donors (Lipinski definition) is 4. The molecule has 0 heterocycles. The van der Waals surface area contributed by atoms with E-state index in [1.807, 2.05) is 6.92 Å². The van der Waals surface area contributed by atoms with Crippen LogP contribution in [0.25, 0.3) is 0 Å². The van der Waals surface area contributed by atoms with Gasteiger partial charge in [0.2, 0.25) is 17.7 Å². The second-order valence-electron chi connectivity index (χ2n) is 10.5. The summed E-state index contributed by atoms with van der Waals surface area (Å²) in [4.78, 5) is 64.9. The number of hydrogen-bond acceptors (Lipinski definition) is 8. The van der Waals surface area contributed by atoms with Crippen molar-refractivity contribution in [2.75, 3.05) is 20.2 Å². The molecule has 0 spiro atoms. The first kappa shape index (κ1) is 34.2. The summed E-state index contributed by atoms with van der Waals surface area (Å²) in [6.45, 7) is 8.40. The van der Waals surface area contributed by atoms with Crippen molar-refractivity contribution in [2.24, 2.45) is 5.73 Å². The Morgan fingerprint density at radius 3 is 2.33 bits per heavy atom. The number of esters is 1. The van der Waals surface area contributed by atoms with Crippen molar-refractivity contribution in [3.05, 3.63) is 29.3 Å². The molecule has 0 saturated heterocycles. The lowest BCUT2D eigenvalue weighted by Crippen LogP contribution is -2.53. The van der Waals surface area contributed by atoms with Gasteiger partial charge in [-0.05, 0) is 63.8 Å². The number of nitrogens with two attached hydrogens (primary N) is 1. The number of nitrogens with zero attached hydrogens (tertiary/aromatic N) is 1. The normalized spacial score (nSPS) is 12.6. The fraction of sp³-hybridized carbons (Fsp3) is 0.607. The Kier molecular flexibility index (Phi) is 13.9. The number of alkyl carbamates (subject to hydrolysis) is 1. The molecule has 2 atom stereocenters. The van der Waals surface area contributed by atoms with Gasteiger partial charge >= 0.3 is 12.1 Å². The summed E-state index contributed by atoms with van der Waals surface area (Å²) in [5.41, 5.74) is 5.34. The molecule has 12 nitrogen and oxygen atoms in total. The molecule has 0 fully saturated rings. The van der Waals surface area contributed by atoms with Crippen molar-refractivity contribution < 1.29 is 38.6 Å². The number of carbonyl (C=O) groups excluding carboxylic acids is 5. The first-order chi connectivity index (χ1) is 18.7. The number of phenolic OH excluding ortho intramolecular Hbond substituents is 1. The maximum atomic E-state index is 14.1. The number of amides is 4. The minimum Gasteiger partial charge on any atom is -0.508 e. The number of methoxy groups -OCH3 is 1. The van der Waals surface area contributed by atoms with E-state index >= 15 is 0 Å². The summed E-state index contributed by atoms with van der Waals surface area (Å²) in [5, 5.41) is 15.1. The van der Waals surface area contributed by atoms with E-state index in [4.69, 9.17) is 10.5 Å². The number of nitrogens with one attached hydrogen (secondary N) is 2. The Labute approximate surface area is 235 Å². The third-order valence-corrected chi connectivity index (χ3v) is 5.94. The third kappa shape index (κ3) is 11.9. The average Bonchev–Trinajstić information content (AvgIpc) is 2.87. The summed E-state index contributed by atoms with van der Waals surface area (Å²) in [6.07, 6.45) is 1.98. The first-order valence-electron chi connectivity index (χ1n) is 13.4. The van der Waals surface area contributed by atoms with Crippen LogP contribution in [0.2, 0.25) is 0 Å². The number of carbonyl (C=O) groups is 5. The van der Waals surface area contributed by atoms with Gasteiger partial charge in [-0.3, -0.25) is 19.2 Å². The smallest absolute Gasteiger partial charge is 0.408 e. The lowest BCUT2D eigenvalue weighted by Gasteiger charge is -2.34. The van der Waals surface area contributed by atoms with Crippen molar-refractivity contribution in [3.63, 3.8) is 0 Å². The molecule has 12 heteroatoms. The van der Waals surface area contributed by atoms with E-state index < -0.39 is 54.0 Å². The van der Waals surface area contributed by atoms with E-state index in [0.717, 1.165) is 19.3 Å². The number of benzene rings is 1. The highest BCUT2D eigenvalue weighted by atomic mass is 16.6. The predicted molar refractivity (Wildman–Crippen MR) is 148 cm³/mol. The molecular formula is C28H44N4O8.